The number of para-hydroxylation sites is 1. The summed E-state index contributed by atoms with van der Waals surface area (Å²) in [5.74, 6) is -0.166. The number of fused-ring (bicyclic) bond motifs is 1. The van der Waals surface area contributed by atoms with Gasteiger partial charge in [-0.3, -0.25) is 4.79 Å². The molecule has 5 heteroatoms. The molecule has 5 nitrogen and oxygen atoms in total. The van der Waals surface area contributed by atoms with Crippen LogP contribution in [0.3, 0.4) is 0 Å². The maximum absolute atomic E-state index is 12.1. The van der Waals surface area contributed by atoms with E-state index < -0.39 is 6.10 Å². The molecule has 0 radical (unpaired) electrons. The number of hydrogen-bond acceptors (Lipinski definition) is 4. The summed E-state index contributed by atoms with van der Waals surface area (Å²) in [6, 6.07) is 9.03. The Morgan fingerprint density at radius 1 is 1.35 bits per heavy atom. The van der Waals surface area contributed by atoms with Gasteiger partial charge >= 0.3 is 0 Å². The Morgan fingerprint density at radius 2 is 2.15 bits per heavy atom. The van der Waals surface area contributed by atoms with Gasteiger partial charge in [-0.15, -0.1) is 0 Å². The Hall–Kier alpha value is -1.85. The number of benzene rings is 1. The summed E-state index contributed by atoms with van der Waals surface area (Å²) in [5.41, 5.74) is 0.678. The van der Waals surface area contributed by atoms with Crippen LogP contribution in [0.5, 0.6) is 0 Å². The maximum Gasteiger partial charge on any atom is 0.287 e. The van der Waals surface area contributed by atoms with Crippen LogP contribution in [0.4, 0.5) is 0 Å². The highest BCUT2D eigenvalue weighted by molar-refractivity contribution is 5.96. The van der Waals surface area contributed by atoms with Crippen molar-refractivity contribution in [1.29, 1.82) is 0 Å². The number of carbonyl (C=O) groups excluding carboxylic acids is 1. The molecule has 1 amide bonds. The minimum atomic E-state index is -0.555. The number of hydrogen-bond donors (Lipinski definition) is 3. The summed E-state index contributed by atoms with van der Waals surface area (Å²) in [4.78, 5) is 12.1. The molecule has 3 N–H and O–H groups in total. The van der Waals surface area contributed by atoms with Crippen LogP contribution < -0.4 is 5.32 Å². The molecule has 106 valence electrons. The average Bonchev–Trinajstić information content (AvgIpc) is 3.01. The minimum Gasteiger partial charge on any atom is -0.451 e. The van der Waals surface area contributed by atoms with Crippen LogP contribution in [0, 0.1) is 5.92 Å². The largest absolute Gasteiger partial charge is 0.451 e. The molecule has 1 aliphatic rings. The van der Waals surface area contributed by atoms with Crippen LogP contribution >= 0.6 is 0 Å². The van der Waals surface area contributed by atoms with Crippen LogP contribution in [0.1, 0.15) is 23.4 Å². The minimum absolute atomic E-state index is 0.0574. The molecule has 0 spiro atoms. The zero-order valence-electron chi connectivity index (χ0n) is 11.0. The van der Waals surface area contributed by atoms with Crippen molar-refractivity contribution in [2.45, 2.75) is 25.0 Å². The van der Waals surface area contributed by atoms with E-state index in [9.17, 15) is 9.90 Å². The van der Waals surface area contributed by atoms with E-state index >= 15 is 0 Å². The van der Waals surface area contributed by atoms with E-state index in [0.717, 1.165) is 5.39 Å². The fourth-order valence-corrected chi connectivity index (χ4v) is 2.77. The molecular weight excluding hydrogens is 258 g/mol. The summed E-state index contributed by atoms with van der Waals surface area (Å²) in [6.45, 7) is -0.0574. The molecule has 0 saturated heterocycles. The molecule has 0 bridgehead atoms. The van der Waals surface area contributed by atoms with Gasteiger partial charge in [-0.1, -0.05) is 18.2 Å². The lowest BCUT2D eigenvalue weighted by Crippen LogP contribution is -2.33. The number of nitrogens with one attached hydrogen (secondary N) is 1. The lowest BCUT2D eigenvalue weighted by Gasteiger charge is -2.10. The lowest BCUT2D eigenvalue weighted by molar-refractivity contribution is 0.0896. The first-order chi connectivity index (χ1) is 9.67. The lowest BCUT2D eigenvalue weighted by atomic mass is 10.1. The topological polar surface area (TPSA) is 82.7 Å². The third-order valence-corrected chi connectivity index (χ3v) is 3.88. The molecule has 0 aliphatic heterocycles. The van der Waals surface area contributed by atoms with Crippen molar-refractivity contribution in [3.8, 4) is 0 Å². The molecule has 20 heavy (non-hydrogen) atoms. The van der Waals surface area contributed by atoms with Crippen molar-refractivity contribution in [1.82, 2.24) is 5.32 Å². The average molecular weight is 275 g/mol. The molecule has 1 fully saturated rings. The van der Waals surface area contributed by atoms with Gasteiger partial charge < -0.3 is 19.9 Å². The zero-order valence-corrected chi connectivity index (χ0v) is 11.0. The molecule has 1 saturated carbocycles. The van der Waals surface area contributed by atoms with E-state index in [0.29, 0.717) is 18.4 Å². The summed E-state index contributed by atoms with van der Waals surface area (Å²) in [6.07, 6.45) is 0.502. The van der Waals surface area contributed by atoms with Gasteiger partial charge in [0, 0.05) is 24.0 Å². The summed E-state index contributed by atoms with van der Waals surface area (Å²) >= 11 is 0. The second kappa shape index (κ2) is 5.26. The van der Waals surface area contributed by atoms with Gasteiger partial charge in [-0.05, 0) is 25.0 Å². The second-order valence-corrected chi connectivity index (χ2v) is 5.30. The fourth-order valence-electron chi connectivity index (χ4n) is 2.77. The van der Waals surface area contributed by atoms with Crippen molar-refractivity contribution in [2.75, 3.05) is 6.61 Å². The maximum atomic E-state index is 12.1. The van der Waals surface area contributed by atoms with Crippen LogP contribution in [0.2, 0.25) is 0 Å². The molecule has 1 aromatic carbocycles. The quantitative estimate of drug-likeness (QED) is 0.788. The van der Waals surface area contributed by atoms with Gasteiger partial charge in [0.1, 0.15) is 5.58 Å². The Kier molecular flexibility index (Phi) is 3.46. The van der Waals surface area contributed by atoms with E-state index in [1.807, 2.05) is 24.3 Å². The van der Waals surface area contributed by atoms with Crippen LogP contribution in [0.25, 0.3) is 11.0 Å². The van der Waals surface area contributed by atoms with Gasteiger partial charge in [-0.25, -0.2) is 0 Å². The number of amides is 1. The number of aliphatic hydroxyl groups excluding tert-OH is 2. The summed E-state index contributed by atoms with van der Waals surface area (Å²) in [5, 5.41) is 22.6. The molecule has 2 aromatic rings. The van der Waals surface area contributed by atoms with Crippen LogP contribution in [-0.2, 0) is 0 Å². The van der Waals surface area contributed by atoms with E-state index in [2.05, 4.69) is 5.32 Å². The monoisotopic (exact) mass is 275 g/mol. The number of rotatable bonds is 3. The predicted molar refractivity (Wildman–Crippen MR) is 73.3 cm³/mol. The zero-order chi connectivity index (χ0) is 14.1. The smallest absolute Gasteiger partial charge is 0.287 e. The van der Waals surface area contributed by atoms with E-state index in [1.165, 1.54) is 0 Å². The van der Waals surface area contributed by atoms with Crippen LogP contribution in [0.15, 0.2) is 34.7 Å². The molecule has 1 aliphatic carbocycles. The normalized spacial score (nSPS) is 26.0. The first kappa shape index (κ1) is 13.1. The van der Waals surface area contributed by atoms with Crippen molar-refractivity contribution < 1.29 is 19.4 Å². The third-order valence-electron chi connectivity index (χ3n) is 3.88. The molecule has 3 atom stereocenters. The molecule has 0 unspecified atom stereocenters. The predicted octanol–water partition coefficient (Wildman–Crippen LogP) is 1.29. The fraction of sp³-hybridized carbons (Fsp3) is 0.400. The number of furan rings is 1. The van der Waals surface area contributed by atoms with Crippen LogP contribution in [-0.4, -0.2) is 34.9 Å². The highest BCUT2D eigenvalue weighted by atomic mass is 16.3. The SMILES string of the molecule is O=C(N[C@@H]1C[C@@H](CO)[C@H](O)C1)c1cc2ccccc2o1. The Bertz CT molecular complexity index is 588. The van der Waals surface area contributed by atoms with Crippen molar-refractivity contribution in [3.05, 3.63) is 36.1 Å². The van der Waals surface area contributed by atoms with Crippen molar-refractivity contribution in [3.63, 3.8) is 0 Å². The van der Waals surface area contributed by atoms with Crippen molar-refractivity contribution >= 4 is 16.9 Å². The Balaban J connectivity index is 1.70. The van der Waals surface area contributed by atoms with Gasteiger partial charge in [0.05, 0.1) is 6.10 Å². The highest BCUT2D eigenvalue weighted by Crippen LogP contribution is 2.26. The highest BCUT2D eigenvalue weighted by Gasteiger charge is 2.33. The van der Waals surface area contributed by atoms with Gasteiger partial charge in [0.25, 0.3) is 5.91 Å². The summed E-state index contributed by atoms with van der Waals surface area (Å²) in [7, 11) is 0. The number of aliphatic hydroxyl groups is 2. The Morgan fingerprint density at radius 3 is 2.85 bits per heavy atom. The number of carbonyl (C=O) groups is 1. The Labute approximate surface area is 116 Å². The molecule has 1 heterocycles. The molecular formula is C15H17NO4. The standard InChI is InChI=1S/C15H17NO4/c17-8-10-5-11(7-12(10)18)16-15(19)14-6-9-3-1-2-4-13(9)20-14/h1-4,6,10-12,17-18H,5,7-8H2,(H,16,19)/t10-,11+,12+/m0/s1. The van der Waals surface area contributed by atoms with Gasteiger partial charge in [0.15, 0.2) is 5.76 Å². The van der Waals surface area contributed by atoms with Gasteiger partial charge in [0.2, 0.25) is 0 Å². The second-order valence-electron chi connectivity index (χ2n) is 5.30. The first-order valence-electron chi connectivity index (χ1n) is 6.75. The van der Waals surface area contributed by atoms with E-state index in [-0.39, 0.29) is 30.2 Å². The molecule has 3 rings (SSSR count). The summed E-state index contributed by atoms with van der Waals surface area (Å²) < 4.78 is 5.50. The van der Waals surface area contributed by atoms with E-state index in [1.54, 1.807) is 6.07 Å². The third kappa shape index (κ3) is 2.42. The van der Waals surface area contributed by atoms with Gasteiger partial charge in [-0.2, -0.15) is 0 Å². The van der Waals surface area contributed by atoms with Crippen molar-refractivity contribution in [2.24, 2.45) is 5.92 Å². The first-order valence-corrected chi connectivity index (χ1v) is 6.75. The van der Waals surface area contributed by atoms with E-state index in [4.69, 9.17) is 9.52 Å². The molecule has 1 aromatic heterocycles.